The van der Waals surface area contributed by atoms with E-state index in [0.717, 1.165) is 10.6 Å². The van der Waals surface area contributed by atoms with E-state index in [4.69, 9.17) is 9.26 Å². The molecule has 3 heterocycles. The predicted octanol–water partition coefficient (Wildman–Crippen LogP) is 2.36. The number of hydrogen-bond acceptors (Lipinski definition) is 7. The summed E-state index contributed by atoms with van der Waals surface area (Å²) in [5, 5.41) is 8.64. The van der Waals surface area contributed by atoms with Crippen LogP contribution in [0.3, 0.4) is 0 Å². The van der Waals surface area contributed by atoms with Gasteiger partial charge in [-0.2, -0.15) is 4.98 Å². The van der Waals surface area contributed by atoms with Gasteiger partial charge in [0.05, 0.1) is 31.8 Å². The van der Waals surface area contributed by atoms with Gasteiger partial charge in [0, 0.05) is 10.6 Å². The van der Waals surface area contributed by atoms with Gasteiger partial charge >= 0.3 is 0 Å². The zero-order chi connectivity index (χ0) is 16.9. The molecular weight excluding hydrogens is 328 g/mol. The van der Waals surface area contributed by atoms with E-state index < -0.39 is 0 Å². The molecular formula is C16H16N4O3S. The molecule has 0 aromatic carbocycles. The Bertz CT molecular complexity index is 830. The Kier molecular flexibility index (Phi) is 4.85. The number of pyridine rings is 1. The number of aryl methyl sites for hydroxylation is 1. The minimum atomic E-state index is -0.276. The van der Waals surface area contributed by atoms with Crippen molar-refractivity contribution >= 4 is 17.2 Å². The summed E-state index contributed by atoms with van der Waals surface area (Å²) in [6.07, 6.45) is 2.12. The first kappa shape index (κ1) is 16.1. The standard InChI is InChI=1S/C16H16N4O3S/c1-10-6-12(13(22-2)8-17-10)16(21)18-9-14-19-15(23-20-14)7-11-4-3-5-24-11/h3-6,8H,7,9H2,1-2H3,(H,18,21). The van der Waals surface area contributed by atoms with Gasteiger partial charge in [-0.1, -0.05) is 11.2 Å². The molecule has 3 aromatic rings. The van der Waals surface area contributed by atoms with Crippen molar-refractivity contribution in [2.24, 2.45) is 0 Å². The van der Waals surface area contributed by atoms with Crippen LogP contribution < -0.4 is 10.1 Å². The van der Waals surface area contributed by atoms with Crippen molar-refractivity contribution in [3.63, 3.8) is 0 Å². The van der Waals surface area contributed by atoms with Crippen molar-refractivity contribution in [3.05, 3.63) is 57.6 Å². The van der Waals surface area contributed by atoms with Gasteiger partial charge in [0.1, 0.15) is 5.75 Å². The molecule has 0 bridgehead atoms. The van der Waals surface area contributed by atoms with E-state index in [1.54, 1.807) is 17.4 Å². The molecule has 0 saturated heterocycles. The molecule has 0 aliphatic heterocycles. The third-order valence-corrected chi connectivity index (χ3v) is 4.17. The number of nitrogens with zero attached hydrogens (tertiary/aromatic N) is 3. The van der Waals surface area contributed by atoms with E-state index in [0.29, 0.717) is 29.4 Å². The number of hydrogen-bond donors (Lipinski definition) is 1. The Morgan fingerprint density at radius 2 is 2.33 bits per heavy atom. The normalized spacial score (nSPS) is 10.6. The summed E-state index contributed by atoms with van der Waals surface area (Å²) in [7, 11) is 1.50. The zero-order valence-electron chi connectivity index (χ0n) is 13.3. The number of thiophene rings is 1. The highest BCUT2D eigenvalue weighted by Crippen LogP contribution is 2.17. The number of rotatable bonds is 6. The van der Waals surface area contributed by atoms with Gasteiger partial charge in [-0.15, -0.1) is 11.3 Å². The highest BCUT2D eigenvalue weighted by Gasteiger charge is 2.14. The largest absolute Gasteiger partial charge is 0.494 e. The van der Waals surface area contributed by atoms with E-state index in [1.807, 2.05) is 24.4 Å². The maximum absolute atomic E-state index is 12.3. The number of nitrogens with one attached hydrogen (secondary N) is 1. The van der Waals surface area contributed by atoms with Crippen molar-refractivity contribution < 1.29 is 14.1 Å². The minimum Gasteiger partial charge on any atom is -0.494 e. The molecule has 0 saturated carbocycles. The Hall–Kier alpha value is -2.74. The fraction of sp³-hybridized carbons (Fsp3) is 0.250. The lowest BCUT2D eigenvalue weighted by Gasteiger charge is -2.08. The Morgan fingerprint density at radius 1 is 1.46 bits per heavy atom. The highest BCUT2D eigenvalue weighted by atomic mass is 32.1. The average molecular weight is 344 g/mol. The molecule has 0 radical (unpaired) electrons. The van der Waals surface area contributed by atoms with Gasteiger partial charge in [0.15, 0.2) is 5.82 Å². The summed E-state index contributed by atoms with van der Waals surface area (Å²) in [6.45, 7) is 1.99. The van der Waals surface area contributed by atoms with Gasteiger partial charge in [-0.05, 0) is 24.4 Å². The van der Waals surface area contributed by atoms with Crippen LogP contribution in [0.1, 0.15) is 32.6 Å². The van der Waals surface area contributed by atoms with Crippen LogP contribution in [0, 0.1) is 6.92 Å². The van der Waals surface area contributed by atoms with Crippen LogP contribution in [0.15, 0.2) is 34.3 Å². The smallest absolute Gasteiger partial charge is 0.255 e. The first-order chi connectivity index (χ1) is 11.7. The number of amides is 1. The quantitative estimate of drug-likeness (QED) is 0.738. The maximum atomic E-state index is 12.3. The fourth-order valence-electron chi connectivity index (χ4n) is 2.14. The molecule has 0 fully saturated rings. The van der Waals surface area contributed by atoms with Crippen molar-refractivity contribution in [1.82, 2.24) is 20.4 Å². The van der Waals surface area contributed by atoms with E-state index in [2.05, 4.69) is 20.4 Å². The molecule has 3 rings (SSSR count). The molecule has 7 nitrogen and oxygen atoms in total. The summed E-state index contributed by atoms with van der Waals surface area (Å²) in [6, 6.07) is 5.66. The summed E-state index contributed by atoms with van der Waals surface area (Å²) >= 11 is 1.63. The highest BCUT2D eigenvalue weighted by molar-refractivity contribution is 7.09. The first-order valence-electron chi connectivity index (χ1n) is 7.28. The van der Waals surface area contributed by atoms with Crippen molar-refractivity contribution in [2.45, 2.75) is 19.9 Å². The second-order valence-electron chi connectivity index (χ2n) is 5.07. The van der Waals surface area contributed by atoms with Gasteiger partial charge in [0.25, 0.3) is 5.91 Å². The second-order valence-corrected chi connectivity index (χ2v) is 6.10. The predicted molar refractivity (Wildman–Crippen MR) is 88.1 cm³/mol. The Balaban J connectivity index is 1.62. The lowest BCUT2D eigenvalue weighted by atomic mass is 10.2. The van der Waals surface area contributed by atoms with Crippen LogP contribution in [-0.4, -0.2) is 28.1 Å². The summed E-state index contributed by atoms with van der Waals surface area (Å²) in [5.74, 6) is 1.10. The lowest BCUT2D eigenvalue weighted by molar-refractivity contribution is 0.0946. The van der Waals surface area contributed by atoms with E-state index in [9.17, 15) is 4.79 Å². The lowest BCUT2D eigenvalue weighted by Crippen LogP contribution is -2.24. The number of aromatic nitrogens is 3. The van der Waals surface area contributed by atoms with Crippen LogP contribution in [0.4, 0.5) is 0 Å². The molecule has 0 unspecified atom stereocenters. The molecule has 1 N–H and O–H groups in total. The molecule has 0 spiro atoms. The first-order valence-corrected chi connectivity index (χ1v) is 8.16. The van der Waals surface area contributed by atoms with E-state index >= 15 is 0 Å². The van der Waals surface area contributed by atoms with Gasteiger partial charge in [-0.25, -0.2) is 0 Å². The molecule has 124 valence electrons. The van der Waals surface area contributed by atoms with Crippen molar-refractivity contribution in [3.8, 4) is 5.75 Å². The van der Waals surface area contributed by atoms with E-state index in [-0.39, 0.29) is 12.5 Å². The fourth-order valence-corrected chi connectivity index (χ4v) is 2.83. The molecule has 0 aliphatic rings. The van der Waals surface area contributed by atoms with Crippen LogP contribution in [0.2, 0.25) is 0 Å². The summed E-state index contributed by atoms with van der Waals surface area (Å²) < 4.78 is 10.4. The maximum Gasteiger partial charge on any atom is 0.255 e. The van der Waals surface area contributed by atoms with Crippen molar-refractivity contribution in [1.29, 1.82) is 0 Å². The zero-order valence-corrected chi connectivity index (χ0v) is 14.1. The van der Waals surface area contributed by atoms with Gasteiger partial charge in [0.2, 0.25) is 5.89 Å². The Labute approximate surface area is 142 Å². The molecule has 3 aromatic heterocycles. The third kappa shape index (κ3) is 3.77. The average Bonchev–Trinajstić information content (AvgIpc) is 3.25. The van der Waals surface area contributed by atoms with Crippen LogP contribution in [-0.2, 0) is 13.0 Å². The molecule has 0 atom stereocenters. The number of carbonyl (C=O) groups excluding carboxylic acids is 1. The summed E-state index contributed by atoms with van der Waals surface area (Å²) in [5.41, 5.74) is 1.16. The number of ether oxygens (including phenoxy) is 1. The number of methoxy groups -OCH3 is 1. The SMILES string of the molecule is COc1cnc(C)cc1C(=O)NCc1noc(Cc2cccs2)n1. The van der Waals surface area contributed by atoms with Crippen LogP contribution in [0.5, 0.6) is 5.75 Å². The number of carbonyl (C=O) groups is 1. The van der Waals surface area contributed by atoms with Gasteiger partial charge in [-0.3, -0.25) is 9.78 Å². The second kappa shape index (κ2) is 7.22. The van der Waals surface area contributed by atoms with Crippen LogP contribution >= 0.6 is 11.3 Å². The minimum absolute atomic E-state index is 0.178. The summed E-state index contributed by atoms with van der Waals surface area (Å²) in [4.78, 5) is 21.8. The molecule has 0 aliphatic carbocycles. The molecule has 1 amide bonds. The van der Waals surface area contributed by atoms with E-state index in [1.165, 1.54) is 13.3 Å². The Morgan fingerprint density at radius 3 is 3.08 bits per heavy atom. The van der Waals surface area contributed by atoms with Crippen LogP contribution in [0.25, 0.3) is 0 Å². The van der Waals surface area contributed by atoms with Gasteiger partial charge < -0.3 is 14.6 Å². The topological polar surface area (TPSA) is 90.1 Å². The van der Waals surface area contributed by atoms with Crippen molar-refractivity contribution in [2.75, 3.05) is 7.11 Å². The molecule has 8 heteroatoms. The molecule has 24 heavy (non-hydrogen) atoms. The monoisotopic (exact) mass is 344 g/mol. The third-order valence-electron chi connectivity index (χ3n) is 3.29.